The SMILES string of the molecule is CCCOC(=O)c1cc(F)cc(S(=O)(=O)Cl)c1F. The molecule has 0 aliphatic heterocycles. The summed E-state index contributed by atoms with van der Waals surface area (Å²) in [5, 5.41) is 0. The van der Waals surface area contributed by atoms with E-state index in [1.54, 1.807) is 6.92 Å². The number of halogens is 3. The molecule has 0 saturated heterocycles. The number of benzene rings is 1. The van der Waals surface area contributed by atoms with E-state index in [2.05, 4.69) is 4.74 Å². The maximum absolute atomic E-state index is 13.7. The molecule has 0 heterocycles. The molecule has 0 spiro atoms. The summed E-state index contributed by atoms with van der Waals surface area (Å²) in [7, 11) is 0.447. The van der Waals surface area contributed by atoms with Gasteiger partial charge in [0.25, 0.3) is 9.05 Å². The van der Waals surface area contributed by atoms with Gasteiger partial charge in [-0.1, -0.05) is 6.92 Å². The minimum atomic E-state index is -4.48. The van der Waals surface area contributed by atoms with Crippen molar-refractivity contribution in [1.29, 1.82) is 0 Å². The average Bonchev–Trinajstić information content (AvgIpc) is 2.27. The third kappa shape index (κ3) is 3.39. The van der Waals surface area contributed by atoms with E-state index >= 15 is 0 Å². The number of carbonyl (C=O) groups excluding carboxylic acids is 1. The summed E-state index contributed by atoms with van der Waals surface area (Å²) in [6.07, 6.45) is 0.489. The summed E-state index contributed by atoms with van der Waals surface area (Å²) in [6.45, 7) is 1.72. The van der Waals surface area contributed by atoms with Gasteiger partial charge in [-0.05, 0) is 18.6 Å². The first kappa shape index (κ1) is 14.8. The third-order valence-corrected chi connectivity index (χ3v) is 3.25. The summed E-state index contributed by atoms with van der Waals surface area (Å²) in [5.74, 6) is -3.66. The number of carbonyl (C=O) groups is 1. The molecule has 0 aromatic heterocycles. The molecule has 0 saturated carbocycles. The van der Waals surface area contributed by atoms with Crippen molar-refractivity contribution in [3.05, 3.63) is 29.3 Å². The highest BCUT2D eigenvalue weighted by atomic mass is 35.7. The topological polar surface area (TPSA) is 60.4 Å². The Morgan fingerprint density at radius 2 is 2.00 bits per heavy atom. The van der Waals surface area contributed by atoms with Gasteiger partial charge in [-0.2, -0.15) is 0 Å². The fraction of sp³-hybridized carbons (Fsp3) is 0.300. The van der Waals surface area contributed by atoms with E-state index in [4.69, 9.17) is 10.7 Å². The third-order valence-electron chi connectivity index (χ3n) is 1.92. The van der Waals surface area contributed by atoms with Gasteiger partial charge < -0.3 is 4.74 Å². The average molecular weight is 299 g/mol. The van der Waals surface area contributed by atoms with E-state index in [-0.39, 0.29) is 6.61 Å². The van der Waals surface area contributed by atoms with Gasteiger partial charge in [-0.3, -0.25) is 0 Å². The van der Waals surface area contributed by atoms with Gasteiger partial charge in [-0.15, -0.1) is 0 Å². The summed E-state index contributed by atoms with van der Waals surface area (Å²) in [6, 6.07) is 0.952. The molecular weight excluding hydrogens is 290 g/mol. The number of ether oxygens (including phenoxy) is 1. The Bertz CT molecular complexity index is 571. The van der Waals surface area contributed by atoms with Crippen molar-refractivity contribution in [2.45, 2.75) is 18.2 Å². The Hall–Kier alpha value is -1.21. The van der Waals surface area contributed by atoms with Crippen LogP contribution in [0.1, 0.15) is 23.7 Å². The fourth-order valence-electron chi connectivity index (χ4n) is 1.16. The van der Waals surface area contributed by atoms with Crippen LogP contribution in [-0.2, 0) is 13.8 Å². The van der Waals surface area contributed by atoms with Crippen LogP contribution in [0, 0.1) is 11.6 Å². The number of esters is 1. The van der Waals surface area contributed by atoms with Gasteiger partial charge in [-0.25, -0.2) is 22.0 Å². The predicted molar refractivity (Wildman–Crippen MR) is 60.0 cm³/mol. The highest BCUT2D eigenvalue weighted by Crippen LogP contribution is 2.24. The Balaban J connectivity index is 3.30. The first-order valence-electron chi connectivity index (χ1n) is 4.88. The van der Waals surface area contributed by atoms with Gasteiger partial charge in [0.15, 0.2) is 5.82 Å². The van der Waals surface area contributed by atoms with Gasteiger partial charge in [0.1, 0.15) is 10.7 Å². The van der Waals surface area contributed by atoms with Gasteiger partial charge in [0, 0.05) is 10.7 Å². The van der Waals surface area contributed by atoms with Crippen molar-refractivity contribution < 1.29 is 26.7 Å². The lowest BCUT2D eigenvalue weighted by Crippen LogP contribution is -2.11. The van der Waals surface area contributed by atoms with E-state index < -0.39 is 37.1 Å². The van der Waals surface area contributed by atoms with Crippen molar-refractivity contribution in [3.63, 3.8) is 0 Å². The van der Waals surface area contributed by atoms with E-state index in [0.29, 0.717) is 18.6 Å². The van der Waals surface area contributed by atoms with E-state index in [1.165, 1.54) is 0 Å². The molecule has 8 heteroatoms. The van der Waals surface area contributed by atoms with Crippen molar-refractivity contribution in [2.75, 3.05) is 6.61 Å². The highest BCUT2D eigenvalue weighted by Gasteiger charge is 2.24. The molecular formula is C10H9ClF2O4S. The molecule has 100 valence electrons. The van der Waals surface area contributed by atoms with E-state index in [1.807, 2.05) is 0 Å². The van der Waals surface area contributed by atoms with Crippen LogP contribution < -0.4 is 0 Å². The first-order chi connectivity index (χ1) is 8.27. The molecule has 4 nitrogen and oxygen atoms in total. The number of hydrogen-bond donors (Lipinski definition) is 0. The van der Waals surface area contributed by atoms with Gasteiger partial charge in [0.2, 0.25) is 0 Å². The van der Waals surface area contributed by atoms with Crippen molar-refractivity contribution in [1.82, 2.24) is 0 Å². The molecule has 1 rings (SSSR count). The Labute approximate surface area is 107 Å². The second-order valence-electron chi connectivity index (χ2n) is 3.34. The predicted octanol–water partition coefficient (Wildman–Crippen LogP) is 2.46. The zero-order chi connectivity index (χ0) is 13.9. The van der Waals surface area contributed by atoms with Gasteiger partial charge in [0.05, 0.1) is 12.2 Å². The van der Waals surface area contributed by atoms with Crippen LogP contribution in [0.4, 0.5) is 8.78 Å². The van der Waals surface area contributed by atoms with Crippen LogP contribution in [0.5, 0.6) is 0 Å². The van der Waals surface area contributed by atoms with Gasteiger partial charge >= 0.3 is 5.97 Å². The maximum atomic E-state index is 13.7. The second kappa shape index (κ2) is 5.62. The first-order valence-corrected chi connectivity index (χ1v) is 7.19. The number of rotatable bonds is 4. The van der Waals surface area contributed by atoms with Crippen LogP contribution in [0.3, 0.4) is 0 Å². The second-order valence-corrected chi connectivity index (χ2v) is 5.87. The molecule has 0 aliphatic carbocycles. The molecule has 1 aromatic carbocycles. The van der Waals surface area contributed by atoms with Crippen LogP contribution in [-0.4, -0.2) is 21.0 Å². The quantitative estimate of drug-likeness (QED) is 0.633. The molecule has 0 fully saturated rings. The minimum absolute atomic E-state index is 0.0117. The molecule has 0 amide bonds. The fourth-order valence-corrected chi connectivity index (χ4v) is 2.08. The van der Waals surface area contributed by atoms with Crippen LogP contribution in [0.15, 0.2) is 17.0 Å². The zero-order valence-corrected chi connectivity index (χ0v) is 10.8. The number of hydrogen-bond acceptors (Lipinski definition) is 4. The lowest BCUT2D eigenvalue weighted by molar-refractivity contribution is 0.0498. The minimum Gasteiger partial charge on any atom is -0.462 e. The normalized spacial score (nSPS) is 11.3. The molecule has 0 aliphatic rings. The standard InChI is InChI=1S/C10H9ClF2O4S/c1-2-3-17-10(14)7-4-6(12)5-8(9(7)13)18(11,15)16/h4-5H,2-3H2,1H3. The van der Waals surface area contributed by atoms with E-state index in [0.717, 1.165) is 0 Å². The van der Waals surface area contributed by atoms with Crippen LogP contribution in [0.2, 0.25) is 0 Å². The Morgan fingerprint density at radius 1 is 1.39 bits per heavy atom. The molecule has 0 unspecified atom stereocenters. The maximum Gasteiger partial charge on any atom is 0.341 e. The molecule has 1 aromatic rings. The van der Waals surface area contributed by atoms with E-state index in [9.17, 15) is 22.0 Å². The van der Waals surface area contributed by atoms with Crippen LogP contribution >= 0.6 is 10.7 Å². The summed E-state index contributed by atoms with van der Waals surface area (Å²) in [4.78, 5) is 10.3. The Morgan fingerprint density at radius 3 is 2.50 bits per heavy atom. The van der Waals surface area contributed by atoms with Crippen molar-refractivity contribution in [3.8, 4) is 0 Å². The summed E-state index contributed by atoms with van der Waals surface area (Å²) < 4.78 is 53.4. The lowest BCUT2D eigenvalue weighted by atomic mass is 10.2. The molecule has 18 heavy (non-hydrogen) atoms. The molecule has 0 N–H and O–H groups in total. The summed E-state index contributed by atoms with van der Waals surface area (Å²) in [5.41, 5.74) is -0.803. The van der Waals surface area contributed by atoms with Crippen LogP contribution in [0.25, 0.3) is 0 Å². The monoisotopic (exact) mass is 298 g/mol. The molecule has 0 radical (unpaired) electrons. The smallest absolute Gasteiger partial charge is 0.341 e. The molecule has 0 atom stereocenters. The lowest BCUT2D eigenvalue weighted by Gasteiger charge is -2.07. The summed E-state index contributed by atoms with van der Waals surface area (Å²) >= 11 is 0. The largest absolute Gasteiger partial charge is 0.462 e. The highest BCUT2D eigenvalue weighted by molar-refractivity contribution is 8.13. The Kier molecular flexibility index (Phi) is 4.64. The zero-order valence-electron chi connectivity index (χ0n) is 9.24. The van der Waals surface area contributed by atoms with Crippen molar-refractivity contribution in [2.24, 2.45) is 0 Å². The molecule has 0 bridgehead atoms. The van der Waals surface area contributed by atoms with Crippen molar-refractivity contribution >= 4 is 25.7 Å².